The van der Waals surface area contributed by atoms with Crippen LogP contribution >= 0.6 is 11.6 Å². The molecule has 0 radical (unpaired) electrons. The predicted molar refractivity (Wildman–Crippen MR) is 45.7 cm³/mol. The van der Waals surface area contributed by atoms with Gasteiger partial charge in [-0.2, -0.15) is 0 Å². The molecule has 0 amide bonds. The number of nitrogens with zero attached hydrogens (tertiary/aromatic N) is 1. The first-order chi connectivity index (χ1) is 6.57. The summed E-state index contributed by atoms with van der Waals surface area (Å²) in [5.74, 6) is -1.58. The molecule has 1 aromatic heterocycles. The van der Waals surface area contributed by atoms with Gasteiger partial charge in [0, 0.05) is 12.1 Å². The molecule has 0 aliphatic carbocycles. The van der Waals surface area contributed by atoms with Gasteiger partial charge in [-0.15, -0.1) is 11.6 Å². The zero-order chi connectivity index (χ0) is 10.7. The van der Waals surface area contributed by atoms with E-state index in [1.165, 1.54) is 6.07 Å². The molecule has 0 aromatic carbocycles. The minimum atomic E-state index is -2.91. The highest BCUT2D eigenvalue weighted by atomic mass is 35.5. The van der Waals surface area contributed by atoms with Gasteiger partial charge in [0.05, 0.1) is 5.56 Å². The van der Waals surface area contributed by atoms with Gasteiger partial charge in [-0.3, -0.25) is 4.98 Å². The maximum atomic E-state index is 12.3. The monoisotopic (exact) mass is 221 g/mol. The summed E-state index contributed by atoms with van der Waals surface area (Å²) < 4.78 is 24.7. The van der Waals surface area contributed by atoms with Gasteiger partial charge in [-0.25, -0.2) is 13.6 Å². The third-order valence-electron chi connectivity index (χ3n) is 1.63. The molecule has 0 spiro atoms. The van der Waals surface area contributed by atoms with Gasteiger partial charge in [-0.05, 0) is 11.6 Å². The summed E-state index contributed by atoms with van der Waals surface area (Å²) in [6.45, 7) is 0. The van der Waals surface area contributed by atoms with Crippen molar-refractivity contribution in [1.82, 2.24) is 4.98 Å². The van der Waals surface area contributed by atoms with Crippen LogP contribution in [0.15, 0.2) is 12.3 Å². The number of halogens is 3. The summed E-state index contributed by atoms with van der Waals surface area (Å²) in [5.41, 5.74) is -1.10. The molecule has 76 valence electrons. The lowest BCUT2D eigenvalue weighted by Crippen LogP contribution is -2.08. The van der Waals surface area contributed by atoms with Crippen molar-refractivity contribution in [2.24, 2.45) is 0 Å². The van der Waals surface area contributed by atoms with Crippen LogP contribution in [0, 0.1) is 0 Å². The Morgan fingerprint density at radius 1 is 1.64 bits per heavy atom. The molecule has 0 aliphatic heterocycles. The zero-order valence-corrected chi connectivity index (χ0v) is 7.63. The van der Waals surface area contributed by atoms with Crippen LogP contribution in [-0.2, 0) is 5.88 Å². The third-order valence-corrected chi connectivity index (χ3v) is 1.92. The van der Waals surface area contributed by atoms with Gasteiger partial charge in [0.15, 0.2) is 0 Å². The van der Waals surface area contributed by atoms with E-state index in [1.807, 2.05) is 0 Å². The van der Waals surface area contributed by atoms with Crippen molar-refractivity contribution >= 4 is 17.6 Å². The van der Waals surface area contributed by atoms with Gasteiger partial charge < -0.3 is 5.11 Å². The first-order valence-electron chi connectivity index (χ1n) is 3.63. The highest BCUT2D eigenvalue weighted by Crippen LogP contribution is 2.24. The molecule has 1 aromatic rings. The number of pyridine rings is 1. The van der Waals surface area contributed by atoms with Crippen LogP contribution in [0.4, 0.5) is 8.78 Å². The molecule has 1 heterocycles. The molecular weight excluding hydrogens is 216 g/mol. The number of carboxylic acid groups (broad SMARTS) is 1. The first kappa shape index (κ1) is 10.8. The Hall–Kier alpha value is -1.23. The van der Waals surface area contributed by atoms with E-state index < -0.39 is 23.7 Å². The van der Waals surface area contributed by atoms with E-state index >= 15 is 0 Å². The van der Waals surface area contributed by atoms with Gasteiger partial charge >= 0.3 is 5.97 Å². The summed E-state index contributed by atoms with van der Waals surface area (Å²) >= 11 is 5.42. The van der Waals surface area contributed by atoms with E-state index in [-0.39, 0.29) is 11.4 Å². The van der Waals surface area contributed by atoms with Crippen LogP contribution in [0.3, 0.4) is 0 Å². The average Bonchev–Trinajstić information content (AvgIpc) is 2.16. The number of hydrogen-bond acceptors (Lipinski definition) is 2. The smallest absolute Gasteiger partial charge is 0.338 e. The second kappa shape index (κ2) is 4.32. The largest absolute Gasteiger partial charge is 0.478 e. The Bertz CT molecular complexity index is 357. The van der Waals surface area contributed by atoms with E-state index in [1.54, 1.807) is 0 Å². The van der Waals surface area contributed by atoms with E-state index in [0.717, 1.165) is 6.20 Å². The average molecular weight is 222 g/mol. The summed E-state index contributed by atoms with van der Waals surface area (Å²) in [7, 11) is 0. The SMILES string of the molecule is O=C(O)c1c(CCl)ccnc1C(F)F. The summed E-state index contributed by atoms with van der Waals surface area (Å²) in [6.07, 6.45) is -1.80. The van der Waals surface area contributed by atoms with Crippen LogP contribution in [0.1, 0.15) is 28.0 Å². The molecule has 6 heteroatoms. The fraction of sp³-hybridized carbons (Fsp3) is 0.250. The highest BCUT2D eigenvalue weighted by molar-refractivity contribution is 6.17. The Kier molecular flexibility index (Phi) is 3.35. The second-order valence-electron chi connectivity index (χ2n) is 2.47. The van der Waals surface area contributed by atoms with E-state index in [9.17, 15) is 13.6 Å². The minimum absolute atomic E-state index is 0.135. The van der Waals surface area contributed by atoms with Crippen LogP contribution in [0.25, 0.3) is 0 Å². The minimum Gasteiger partial charge on any atom is -0.478 e. The van der Waals surface area contributed by atoms with Crippen LogP contribution in [0.2, 0.25) is 0 Å². The Labute approximate surface area is 83.3 Å². The van der Waals surface area contributed by atoms with Gasteiger partial charge in [0.2, 0.25) is 0 Å². The molecule has 1 rings (SSSR count). The number of carbonyl (C=O) groups is 1. The Morgan fingerprint density at radius 3 is 2.71 bits per heavy atom. The van der Waals surface area contributed by atoms with E-state index in [2.05, 4.69) is 4.98 Å². The molecule has 0 aliphatic rings. The molecule has 0 saturated heterocycles. The lowest BCUT2D eigenvalue weighted by Gasteiger charge is -2.07. The molecule has 14 heavy (non-hydrogen) atoms. The van der Waals surface area contributed by atoms with E-state index in [0.29, 0.717) is 0 Å². The maximum Gasteiger partial charge on any atom is 0.338 e. The first-order valence-corrected chi connectivity index (χ1v) is 4.16. The summed E-state index contributed by atoms with van der Waals surface area (Å²) in [4.78, 5) is 14.0. The fourth-order valence-corrected chi connectivity index (χ4v) is 1.27. The molecule has 0 atom stereocenters. The van der Waals surface area contributed by atoms with Crippen LogP contribution in [-0.4, -0.2) is 16.1 Å². The maximum absolute atomic E-state index is 12.3. The van der Waals surface area contributed by atoms with Crippen molar-refractivity contribution in [1.29, 1.82) is 0 Å². The molecule has 0 bridgehead atoms. The molecular formula is C8H6ClF2NO2. The molecule has 0 fully saturated rings. The molecule has 0 saturated carbocycles. The van der Waals surface area contributed by atoms with Gasteiger partial charge in [0.25, 0.3) is 6.43 Å². The van der Waals surface area contributed by atoms with Gasteiger partial charge in [0.1, 0.15) is 5.69 Å². The number of aromatic nitrogens is 1. The molecule has 0 unspecified atom stereocenters. The van der Waals surface area contributed by atoms with Crippen LogP contribution in [0.5, 0.6) is 0 Å². The Balaban J connectivity index is 3.35. The number of aromatic carboxylic acids is 1. The number of hydrogen-bond donors (Lipinski definition) is 1. The summed E-state index contributed by atoms with van der Waals surface area (Å²) in [6, 6.07) is 1.31. The lowest BCUT2D eigenvalue weighted by atomic mass is 10.1. The van der Waals surface area contributed by atoms with Gasteiger partial charge in [-0.1, -0.05) is 0 Å². The van der Waals surface area contributed by atoms with E-state index in [4.69, 9.17) is 16.7 Å². The van der Waals surface area contributed by atoms with Crippen molar-refractivity contribution in [3.05, 3.63) is 29.1 Å². The quantitative estimate of drug-likeness (QED) is 0.798. The standard InChI is InChI=1S/C8H6ClF2NO2/c9-3-4-1-2-12-6(7(10)11)5(4)8(13)14/h1-2,7H,3H2,(H,13,14). The number of alkyl halides is 3. The highest BCUT2D eigenvalue weighted by Gasteiger charge is 2.22. The van der Waals surface area contributed by atoms with Crippen LogP contribution < -0.4 is 0 Å². The van der Waals surface area contributed by atoms with Crippen molar-refractivity contribution in [2.45, 2.75) is 12.3 Å². The van der Waals surface area contributed by atoms with Crippen molar-refractivity contribution < 1.29 is 18.7 Å². The normalized spacial score (nSPS) is 10.6. The molecule has 1 N–H and O–H groups in total. The number of rotatable bonds is 3. The van der Waals surface area contributed by atoms with Crippen molar-refractivity contribution in [2.75, 3.05) is 0 Å². The predicted octanol–water partition coefficient (Wildman–Crippen LogP) is 2.46. The lowest BCUT2D eigenvalue weighted by molar-refractivity contribution is 0.0681. The number of carboxylic acids is 1. The van der Waals surface area contributed by atoms with Crippen molar-refractivity contribution in [3.8, 4) is 0 Å². The zero-order valence-electron chi connectivity index (χ0n) is 6.88. The Morgan fingerprint density at radius 2 is 2.29 bits per heavy atom. The second-order valence-corrected chi connectivity index (χ2v) is 2.74. The summed E-state index contributed by atoms with van der Waals surface area (Å²) in [5, 5.41) is 8.69. The third kappa shape index (κ3) is 1.98. The molecule has 3 nitrogen and oxygen atoms in total. The van der Waals surface area contributed by atoms with Crippen molar-refractivity contribution in [3.63, 3.8) is 0 Å². The fourth-order valence-electron chi connectivity index (χ4n) is 1.04. The topological polar surface area (TPSA) is 50.2 Å².